The van der Waals surface area contributed by atoms with Crippen molar-refractivity contribution in [3.8, 4) is 11.9 Å². The summed E-state index contributed by atoms with van der Waals surface area (Å²) in [4.78, 5) is 21.3. The molecule has 0 spiro atoms. The van der Waals surface area contributed by atoms with Gasteiger partial charge in [0.15, 0.2) is 11.5 Å². The van der Waals surface area contributed by atoms with Crippen molar-refractivity contribution in [2.45, 2.75) is 51.7 Å². The van der Waals surface area contributed by atoms with Crippen LogP contribution in [0.2, 0.25) is 0 Å². The molecular formula is C23H26F3N7O3. The Morgan fingerprint density at radius 1 is 1.19 bits per heavy atom. The van der Waals surface area contributed by atoms with Gasteiger partial charge in [-0.2, -0.15) is 23.8 Å². The van der Waals surface area contributed by atoms with Crippen LogP contribution < -0.4 is 10.6 Å². The van der Waals surface area contributed by atoms with Crippen molar-refractivity contribution >= 4 is 22.6 Å². The number of anilines is 1. The predicted octanol–water partition coefficient (Wildman–Crippen LogP) is 2.96. The molecule has 3 N–H and O–H groups in total. The van der Waals surface area contributed by atoms with Gasteiger partial charge in [0.05, 0.1) is 40.8 Å². The van der Waals surface area contributed by atoms with Crippen molar-refractivity contribution in [1.82, 2.24) is 25.1 Å². The first-order chi connectivity index (χ1) is 16.8. The third-order valence-electron chi connectivity index (χ3n) is 5.21. The minimum absolute atomic E-state index is 0.00531. The molecule has 0 aliphatic heterocycles. The molecule has 1 unspecified atom stereocenters. The van der Waals surface area contributed by atoms with Gasteiger partial charge in [0.25, 0.3) is 5.91 Å². The van der Waals surface area contributed by atoms with E-state index in [1.807, 2.05) is 6.07 Å². The number of pyridine rings is 2. The lowest BCUT2D eigenvalue weighted by atomic mass is 10.0. The Balaban J connectivity index is 1.95. The van der Waals surface area contributed by atoms with Gasteiger partial charge < -0.3 is 20.5 Å². The molecular weight excluding hydrogens is 479 g/mol. The molecule has 36 heavy (non-hydrogen) atoms. The van der Waals surface area contributed by atoms with Gasteiger partial charge in [0, 0.05) is 30.4 Å². The maximum atomic E-state index is 14.1. The van der Waals surface area contributed by atoms with Crippen molar-refractivity contribution in [3.63, 3.8) is 0 Å². The van der Waals surface area contributed by atoms with Gasteiger partial charge in [-0.25, -0.2) is 14.4 Å². The van der Waals surface area contributed by atoms with Crippen LogP contribution in [0.3, 0.4) is 0 Å². The minimum atomic E-state index is -3.00. The van der Waals surface area contributed by atoms with Crippen LogP contribution in [-0.4, -0.2) is 67.8 Å². The number of aliphatic hydroxyl groups is 1. The molecule has 13 heteroatoms. The van der Waals surface area contributed by atoms with Crippen LogP contribution in [0.5, 0.6) is 0 Å². The summed E-state index contributed by atoms with van der Waals surface area (Å²) in [5.41, 5.74) is -2.01. The molecule has 10 nitrogen and oxygen atoms in total. The lowest BCUT2D eigenvalue weighted by Crippen LogP contribution is -2.42. The normalized spacial score (nSPS) is 13.0. The number of hydrogen-bond donors (Lipinski definition) is 3. The summed E-state index contributed by atoms with van der Waals surface area (Å²) >= 11 is 0. The van der Waals surface area contributed by atoms with E-state index < -0.39 is 36.4 Å². The summed E-state index contributed by atoms with van der Waals surface area (Å²) in [5, 5.41) is 29.0. The highest BCUT2D eigenvalue weighted by atomic mass is 19.3. The van der Waals surface area contributed by atoms with Crippen molar-refractivity contribution in [2.75, 3.05) is 18.4 Å². The average molecular weight is 506 g/mol. The second kappa shape index (κ2) is 10.5. The number of rotatable bonds is 10. The first kappa shape index (κ1) is 26.8. The SMILES string of the molecule is CC(C)(CNc1cc(-n2ncc3cc(C#N)cnc32)ncc1C(=O)NCC(F)C(C)(C)O)OC(F)F. The second-order valence-electron chi connectivity index (χ2n) is 9.22. The topological polar surface area (TPSA) is 138 Å². The number of amides is 1. The Morgan fingerprint density at radius 2 is 1.92 bits per heavy atom. The number of nitrogens with one attached hydrogen (secondary N) is 2. The van der Waals surface area contributed by atoms with Crippen LogP contribution in [0.1, 0.15) is 43.6 Å². The number of alkyl halides is 3. The highest BCUT2D eigenvalue weighted by Gasteiger charge is 2.28. The molecule has 0 fully saturated rings. The van der Waals surface area contributed by atoms with Crippen LogP contribution in [0, 0.1) is 11.3 Å². The minimum Gasteiger partial charge on any atom is -0.387 e. The monoisotopic (exact) mass is 505 g/mol. The van der Waals surface area contributed by atoms with Crippen molar-refractivity contribution in [3.05, 3.63) is 41.9 Å². The molecule has 0 bridgehead atoms. The standard InChI is InChI=1S/C23H26F3N7O3/c1-22(2,36-21(25)26)12-31-16-6-18(33-19-14(9-32-33)5-13(7-27)8-29-19)28-10-15(16)20(34)30-11-17(24)23(3,4)35/h5-6,8-10,17,21,35H,11-12H2,1-4H3,(H,28,31)(H,30,34). The van der Waals surface area contributed by atoms with Gasteiger partial charge in [-0.15, -0.1) is 0 Å². The quantitative estimate of drug-likeness (QED) is 0.382. The summed E-state index contributed by atoms with van der Waals surface area (Å²) in [5.74, 6) is -0.452. The lowest BCUT2D eigenvalue weighted by molar-refractivity contribution is -0.191. The molecule has 0 aliphatic carbocycles. The summed E-state index contributed by atoms with van der Waals surface area (Å²) in [6, 6.07) is 5.06. The summed E-state index contributed by atoms with van der Waals surface area (Å²) in [6.07, 6.45) is 2.36. The number of nitrogens with zero attached hydrogens (tertiary/aromatic N) is 5. The lowest BCUT2D eigenvalue weighted by Gasteiger charge is -2.26. The van der Waals surface area contributed by atoms with Crippen molar-refractivity contribution < 1.29 is 27.8 Å². The molecule has 0 aromatic carbocycles. The van der Waals surface area contributed by atoms with Crippen LogP contribution in [0.25, 0.3) is 16.9 Å². The fourth-order valence-electron chi connectivity index (χ4n) is 3.16. The molecule has 3 rings (SSSR count). The van der Waals surface area contributed by atoms with E-state index in [2.05, 4.69) is 30.4 Å². The Bertz CT molecular complexity index is 1280. The van der Waals surface area contributed by atoms with Gasteiger partial charge in [-0.05, 0) is 33.8 Å². The molecule has 3 heterocycles. The van der Waals surface area contributed by atoms with Crippen molar-refractivity contribution in [2.24, 2.45) is 0 Å². The van der Waals surface area contributed by atoms with E-state index in [9.17, 15) is 23.1 Å². The third-order valence-corrected chi connectivity index (χ3v) is 5.21. The Labute approximate surface area is 205 Å². The number of fused-ring (bicyclic) bond motifs is 1. The zero-order valence-electron chi connectivity index (χ0n) is 20.1. The number of nitriles is 1. The van der Waals surface area contributed by atoms with E-state index >= 15 is 0 Å². The Kier molecular flexibility index (Phi) is 7.80. The van der Waals surface area contributed by atoms with Gasteiger partial charge in [-0.3, -0.25) is 4.79 Å². The second-order valence-corrected chi connectivity index (χ2v) is 9.22. The first-order valence-electron chi connectivity index (χ1n) is 10.9. The van der Waals surface area contributed by atoms with E-state index in [0.29, 0.717) is 16.6 Å². The largest absolute Gasteiger partial charge is 0.387 e. The van der Waals surface area contributed by atoms with Crippen LogP contribution in [0.4, 0.5) is 18.9 Å². The molecule has 1 atom stereocenters. The number of aromatic nitrogens is 4. The molecule has 0 saturated carbocycles. The summed E-state index contributed by atoms with van der Waals surface area (Å²) in [7, 11) is 0. The fourth-order valence-corrected chi connectivity index (χ4v) is 3.16. The number of carbonyl (C=O) groups excluding carboxylic acids is 1. The predicted molar refractivity (Wildman–Crippen MR) is 125 cm³/mol. The highest BCUT2D eigenvalue weighted by molar-refractivity contribution is 5.99. The molecule has 3 aromatic rings. The zero-order valence-corrected chi connectivity index (χ0v) is 20.1. The number of hydrogen-bond acceptors (Lipinski definition) is 8. The number of ether oxygens (including phenoxy) is 1. The first-order valence-corrected chi connectivity index (χ1v) is 10.9. The van der Waals surface area contributed by atoms with Crippen LogP contribution >= 0.6 is 0 Å². The summed E-state index contributed by atoms with van der Waals surface area (Å²) < 4.78 is 45.7. The Hall–Kier alpha value is -3.76. The van der Waals surface area contributed by atoms with E-state index in [1.165, 1.54) is 57.0 Å². The van der Waals surface area contributed by atoms with E-state index in [0.717, 1.165) is 0 Å². The maximum Gasteiger partial charge on any atom is 0.345 e. The van der Waals surface area contributed by atoms with Gasteiger partial charge in [0.1, 0.15) is 12.2 Å². The molecule has 3 aromatic heterocycles. The van der Waals surface area contributed by atoms with E-state index in [-0.39, 0.29) is 23.6 Å². The Morgan fingerprint density at radius 3 is 2.56 bits per heavy atom. The third kappa shape index (κ3) is 6.46. The number of halogens is 3. The fraction of sp³-hybridized carbons (Fsp3) is 0.435. The number of carbonyl (C=O) groups is 1. The highest BCUT2D eigenvalue weighted by Crippen LogP contribution is 2.23. The van der Waals surface area contributed by atoms with Crippen LogP contribution in [-0.2, 0) is 4.74 Å². The van der Waals surface area contributed by atoms with Gasteiger partial charge in [-0.1, -0.05) is 0 Å². The molecule has 0 radical (unpaired) electrons. The van der Waals surface area contributed by atoms with Gasteiger partial charge >= 0.3 is 6.61 Å². The van der Waals surface area contributed by atoms with E-state index in [4.69, 9.17) is 5.26 Å². The molecule has 1 amide bonds. The maximum absolute atomic E-state index is 14.1. The molecule has 0 saturated heterocycles. The molecule has 192 valence electrons. The smallest absolute Gasteiger partial charge is 0.345 e. The zero-order chi connectivity index (χ0) is 26.7. The van der Waals surface area contributed by atoms with E-state index in [1.54, 1.807) is 6.07 Å². The van der Waals surface area contributed by atoms with Gasteiger partial charge in [0.2, 0.25) is 0 Å². The molecule has 0 aliphatic rings. The summed E-state index contributed by atoms with van der Waals surface area (Å²) in [6.45, 7) is 1.88. The van der Waals surface area contributed by atoms with Crippen molar-refractivity contribution in [1.29, 1.82) is 5.26 Å². The van der Waals surface area contributed by atoms with Crippen LogP contribution in [0.15, 0.2) is 30.7 Å². The average Bonchev–Trinajstić information content (AvgIpc) is 3.22.